The van der Waals surface area contributed by atoms with E-state index in [1.165, 1.54) is 27.6 Å². The molecule has 0 radical (unpaired) electrons. The molecule has 1 amide bonds. The number of tetrazole rings is 1. The molecule has 2 aromatic carbocycles. The Bertz CT molecular complexity index is 1230. The van der Waals surface area contributed by atoms with Crippen LogP contribution in [0.2, 0.25) is 0 Å². The molecule has 0 bridgehead atoms. The van der Waals surface area contributed by atoms with Crippen LogP contribution in [0.5, 0.6) is 5.75 Å². The summed E-state index contributed by atoms with van der Waals surface area (Å²) in [5, 5.41) is 21.8. The smallest absolute Gasteiger partial charge is 0.278 e. The zero-order chi connectivity index (χ0) is 21.3. The van der Waals surface area contributed by atoms with Crippen LogP contribution in [0.25, 0.3) is 11.4 Å². The van der Waals surface area contributed by atoms with E-state index < -0.39 is 11.7 Å². The third-order valence-corrected chi connectivity index (χ3v) is 4.48. The largest absolute Gasteiger partial charge is 0.497 e. The SMILES string of the molecule is COc1cccc(-n2nnc(C(=O)Nc3cc(-n4nnnc4C)ccc3F)c2C)c1. The van der Waals surface area contributed by atoms with Crippen molar-refractivity contribution >= 4 is 11.6 Å². The molecule has 4 rings (SSSR count). The molecule has 10 nitrogen and oxygen atoms in total. The molecule has 0 atom stereocenters. The summed E-state index contributed by atoms with van der Waals surface area (Å²) in [6.07, 6.45) is 0. The van der Waals surface area contributed by atoms with E-state index in [2.05, 4.69) is 31.2 Å². The molecule has 30 heavy (non-hydrogen) atoms. The molecule has 0 saturated heterocycles. The van der Waals surface area contributed by atoms with Gasteiger partial charge in [0.05, 0.1) is 29.9 Å². The number of carbonyl (C=O) groups is 1. The summed E-state index contributed by atoms with van der Waals surface area (Å²) < 4.78 is 22.5. The first-order chi connectivity index (χ1) is 14.5. The minimum Gasteiger partial charge on any atom is -0.497 e. The van der Waals surface area contributed by atoms with Crippen molar-refractivity contribution in [1.82, 2.24) is 35.2 Å². The highest BCUT2D eigenvalue weighted by Gasteiger charge is 2.19. The van der Waals surface area contributed by atoms with Gasteiger partial charge in [0, 0.05) is 6.07 Å². The molecule has 0 unspecified atom stereocenters. The Labute approximate surface area is 170 Å². The van der Waals surface area contributed by atoms with Crippen LogP contribution in [0.4, 0.5) is 10.1 Å². The van der Waals surface area contributed by atoms with Crippen LogP contribution in [0, 0.1) is 19.7 Å². The number of aromatic nitrogens is 7. The molecule has 152 valence electrons. The van der Waals surface area contributed by atoms with E-state index in [0.29, 0.717) is 28.6 Å². The molecular formula is C19H17FN8O2. The molecule has 0 aliphatic carbocycles. The van der Waals surface area contributed by atoms with Gasteiger partial charge in [0.1, 0.15) is 11.6 Å². The fraction of sp³-hybridized carbons (Fsp3) is 0.158. The summed E-state index contributed by atoms with van der Waals surface area (Å²) >= 11 is 0. The van der Waals surface area contributed by atoms with Crippen LogP contribution in [0.15, 0.2) is 42.5 Å². The monoisotopic (exact) mass is 408 g/mol. The number of ether oxygens (including phenoxy) is 1. The van der Waals surface area contributed by atoms with Crippen LogP contribution >= 0.6 is 0 Å². The molecule has 4 aromatic rings. The van der Waals surface area contributed by atoms with E-state index in [4.69, 9.17) is 4.74 Å². The number of halogens is 1. The number of methoxy groups -OCH3 is 1. The number of benzene rings is 2. The Hall–Kier alpha value is -4.15. The average Bonchev–Trinajstić information content (AvgIpc) is 3.35. The Morgan fingerprint density at radius 2 is 1.83 bits per heavy atom. The van der Waals surface area contributed by atoms with Crippen molar-refractivity contribution in [2.75, 3.05) is 12.4 Å². The predicted molar refractivity (Wildman–Crippen MR) is 104 cm³/mol. The van der Waals surface area contributed by atoms with E-state index in [1.807, 2.05) is 6.07 Å². The Morgan fingerprint density at radius 1 is 1.03 bits per heavy atom. The number of carbonyl (C=O) groups excluding carboxylic acids is 1. The third kappa shape index (κ3) is 3.48. The summed E-state index contributed by atoms with van der Waals surface area (Å²) in [7, 11) is 1.56. The van der Waals surface area contributed by atoms with Gasteiger partial charge in [0.25, 0.3) is 5.91 Å². The summed E-state index contributed by atoms with van der Waals surface area (Å²) in [5.74, 6) is -0.0251. The lowest BCUT2D eigenvalue weighted by atomic mass is 10.2. The zero-order valence-corrected chi connectivity index (χ0v) is 16.4. The van der Waals surface area contributed by atoms with E-state index in [9.17, 15) is 9.18 Å². The second-order valence-electron chi connectivity index (χ2n) is 6.39. The standard InChI is InChI=1S/C19H17FN8O2/c1-11-18(23-25-27(11)13-5-4-6-15(9-13)30-3)19(29)21-17-10-14(7-8-16(17)20)28-12(2)22-24-26-28/h4-10H,1-3H3,(H,21,29). The van der Waals surface area contributed by atoms with E-state index in [-0.39, 0.29) is 11.4 Å². The third-order valence-electron chi connectivity index (χ3n) is 4.48. The Morgan fingerprint density at radius 3 is 2.57 bits per heavy atom. The highest BCUT2D eigenvalue weighted by molar-refractivity contribution is 6.03. The predicted octanol–water partition coefficient (Wildman–Crippen LogP) is 2.26. The second kappa shape index (κ2) is 7.70. The molecule has 0 fully saturated rings. The van der Waals surface area contributed by atoms with Gasteiger partial charge in [-0.1, -0.05) is 11.3 Å². The number of nitrogens with one attached hydrogen (secondary N) is 1. The van der Waals surface area contributed by atoms with Crippen molar-refractivity contribution in [2.24, 2.45) is 0 Å². The summed E-state index contributed by atoms with van der Waals surface area (Å²) in [6, 6.07) is 11.4. The topological polar surface area (TPSA) is 113 Å². The summed E-state index contributed by atoms with van der Waals surface area (Å²) in [4.78, 5) is 12.8. The molecule has 2 aromatic heterocycles. The van der Waals surface area contributed by atoms with Gasteiger partial charge in [-0.05, 0) is 54.6 Å². The first kappa shape index (κ1) is 19.2. The van der Waals surface area contributed by atoms with Crippen molar-refractivity contribution in [3.63, 3.8) is 0 Å². The first-order valence-corrected chi connectivity index (χ1v) is 8.91. The second-order valence-corrected chi connectivity index (χ2v) is 6.39. The summed E-state index contributed by atoms with van der Waals surface area (Å²) in [5.41, 5.74) is 1.73. The van der Waals surface area contributed by atoms with Crippen LogP contribution in [-0.4, -0.2) is 48.2 Å². The maximum Gasteiger partial charge on any atom is 0.278 e. The van der Waals surface area contributed by atoms with Crippen molar-refractivity contribution in [2.45, 2.75) is 13.8 Å². The first-order valence-electron chi connectivity index (χ1n) is 8.91. The van der Waals surface area contributed by atoms with Crippen LogP contribution in [0.3, 0.4) is 0 Å². The quantitative estimate of drug-likeness (QED) is 0.539. The fourth-order valence-electron chi connectivity index (χ4n) is 2.92. The normalized spacial score (nSPS) is 10.8. The number of rotatable bonds is 5. The van der Waals surface area contributed by atoms with Gasteiger partial charge < -0.3 is 10.1 Å². The number of aryl methyl sites for hydroxylation is 1. The van der Waals surface area contributed by atoms with Crippen LogP contribution < -0.4 is 10.1 Å². The number of hydrogen-bond acceptors (Lipinski definition) is 7. The molecule has 2 heterocycles. The van der Waals surface area contributed by atoms with Gasteiger partial charge in [-0.3, -0.25) is 4.79 Å². The number of nitrogens with zero attached hydrogens (tertiary/aromatic N) is 7. The van der Waals surface area contributed by atoms with Crippen molar-refractivity contribution in [1.29, 1.82) is 0 Å². The van der Waals surface area contributed by atoms with E-state index >= 15 is 0 Å². The highest BCUT2D eigenvalue weighted by atomic mass is 19.1. The number of amides is 1. The fourth-order valence-corrected chi connectivity index (χ4v) is 2.92. The minimum atomic E-state index is -0.601. The molecule has 0 aliphatic heterocycles. The Kier molecular flexibility index (Phi) is 4.92. The average molecular weight is 408 g/mol. The highest BCUT2D eigenvalue weighted by Crippen LogP contribution is 2.21. The lowest BCUT2D eigenvalue weighted by Gasteiger charge is -2.09. The maximum absolute atomic E-state index is 14.3. The number of hydrogen-bond donors (Lipinski definition) is 1. The lowest BCUT2D eigenvalue weighted by Crippen LogP contribution is -2.15. The van der Waals surface area contributed by atoms with Gasteiger partial charge in [0.15, 0.2) is 11.5 Å². The lowest BCUT2D eigenvalue weighted by molar-refractivity contribution is 0.102. The molecule has 1 N–H and O–H groups in total. The van der Waals surface area contributed by atoms with Crippen molar-refractivity contribution < 1.29 is 13.9 Å². The van der Waals surface area contributed by atoms with Crippen LogP contribution in [-0.2, 0) is 0 Å². The molecule has 0 aliphatic rings. The van der Waals surface area contributed by atoms with E-state index in [0.717, 1.165) is 0 Å². The van der Waals surface area contributed by atoms with Gasteiger partial charge >= 0.3 is 0 Å². The van der Waals surface area contributed by atoms with Gasteiger partial charge in [-0.15, -0.1) is 10.2 Å². The van der Waals surface area contributed by atoms with Gasteiger partial charge in [-0.25, -0.2) is 9.07 Å². The molecule has 0 spiro atoms. The van der Waals surface area contributed by atoms with Crippen LogP contribution in [0.1, 0.15) is 22.0 Å². The van der Waals surface area contributed by atoms with Crippen molar-refractivity contribution in [3.05, 3.63) is 65.5 Å². The molecular weight excluding hydrogens is 391 g/mol. The molecule has 0 saturated carbocycles. The van der Waals surface area contributed by atoms with E-state index in [1.54, 1.807) is 39.2 Å². The van der Waals surface area contributed by atoms with Crippen molar-refractivity contribution in [3.8, 4) is 17.1 Å². The van der Waals surface area contributed by atoms with Gasteiger partial charge in [0.2, 0.25) is 0 Å². The minimum absolute atomic E-state index is 0.0252. The Balaban J connectivity index is 1.62. The molecule has 11 heteroatoms. The number of anilines is 1. The zero-order valence-electron chi connectivity index (χ0n) is 16.4. The summed E-state index contributed by atoms with van der Waals surface area (Å²) in [6.45, 7) is 3.41. The van der Waals surface area contributed by atoms with Gasteiger partial charge in [-0.2, -0.15) is 4.68 Å². The maximum atomic E-state index is 14.3.